The van der Waals surface area contributed by atoms with Crippen molar-refractivity contribution in [1.82, 2.24) is 19.8 Å². The van der Waals surface area contributed by atoms with Crippen LogP contribution in [0.1, 0.15) is 24.0 Å². The third kappa shape index (κ3) is 10.5. The highest BCUT2D eigenvalue weighted by Crippen LogP contribution is 2.20. The van der Waals surface area contributed by atoms with Gasteiger partial charge < -0.3 is 19.6 Å². The summed E-state index contributed by atoms with van der Waals surface area (Å²) < 4.78 is 0. The second-order valence-electron chi connectivity index (χ2n) is 10.3. The predicted octanol–water partition coefficient (Wildman–Crippen LogP) is 5.69. The number of aryl methyl sites for hydroxylation is 2. The highest BCUT2D eigenvalue weighted by molar-refractivity contribution is 7.13. The van der Waals surface area contributed by atoms with Crippen LogP contribution in [0.4, 0.5) is 10.3 Å². The zero-order valence-corrected chi connectivity index (χ0v) is 28.0. The Kier molecular flexibility index (Phi) is 14.9. The van der Waals surface area contributed by atoms with Gasteiger partial charge in [-0.3, -0.25) is 9.59 Å². The standard InChI is InChI=1S/2C16H19N3OS.2ClH/c2*20-15(7-6-14-4-2-1-3-5-14)18-9-11-19(12-10-18)16-17-8-13-21-16;;/h2*1-5,8,13H,6-7,9-12H2;2*1H. The lowest BCUT2D eigenvalue weighted by molar-refractivity contribution is -0.132. The van der Waals surface area contributed by atoms with Gasteiger partial charge >= 0.3 is 0 Å². The van der Waals surface area contributed by atoms with E-state index in [0.29, 0.717) is 12.8 Å². The number of carbonyl (C=O) groups is 2. The molecule has 0 spiro atoms. The van der Waals surface area contributed by atoms with Crippen LogP contribution in [-0.2, 0) is 22.4 Å². The number of benzene rings is 2. The first-order chi connectivity index (χ1) is 20.7. The predicted molar refractivity (Wildman–Crippen MR) is 186 cm³/mol. The van der Waals surface area contributed by atoms with Crippen molar-refractivity contribution in [3.63, 3.8) is 0 Å². The highest BCUT2D eigenvalue weighted by Gasteiger charge is 2.23. The van der Waals surface area contributed by atoms with E-state index in [1.54, 1.807) is 22.7 Å². The van der Waals surface area contributed by atoms with E-state index in [-0.39, 0.29) is 36.6 Å². The lowest BCUT2D eigenvalue weighted by Gasteiger charge is -2.34. The summed E-state index contributed by atoms with van der Waals surface area (Å²) in [4.78, 5) is 41.6. The Morgan fingerprint density at radius 3 is 1.25 bits per heavy atom. The number of thiazole rings is 2. The maximum Gasteiger partial charge on any atom is 0.223 e. The molecule has 2 aromatic carbocycles. The summed E-state index contributed by atoms with van der Waals surface area (Å²) >= 11 is 3.32. The number of anilines is 2. The van der Waals surface area contributed by atoms with Gasteiger partial charge in [0.1, 0.15) is 0 Å². The average molecular weight is 676 g/mol. The third-order valence-electron chi connectivity index (χ3n) is 7.59. The molecule has 44 heavy (non-hydrogen) atoms. The summed E-state index contributed by atoms with van der Waals surface area (Å²) in [6, 6.07) is 20.4. The second-order valence-corrected chi connectivity index (χ2v) is 12.1. The molecule has 236 valence electrons. The van der Waals surface area contributed by atoms with Crippen LogP contribution in [0, 0.1) is 0 Å². The summed E-state index contributed by atoms with van der Waals surface area (Å²) in [6.07, 6.45) is 6.51. The molecule has 0 bridgehead atoms. The van der Waals surface area contributed by atoms with Gasteiger partial charge in [0, 0.05) is 88.4 Å². The molecule has 2 fully saturated rings. The average Bonchev–Trinajstić information content (AvgIpc) is 3.80. The Hall–Kier alpha value is -3.18. The molecule has 2 amide bonds. The Balaban J connectivity index is 0.000000230. The summed E-state index contributed by atoms with van der Waals surface area (Å²) in [6.45, 7) is 6.71. The largest absolute Gasteiger partial charge is 0.345 e. The Bertz CT molecular complexity index is 1240. The minimum Gasteiger partial charge on any atom is -0.345 e. The van der Waals surface area contributed by atoms with E-state index in [1.165, 1.54) is 11.1 Å². The van der Waals surface area contributed by atoms with Crippen LogP contribution in [0.5, 0.6) is 0 Å². The Labute approximate surface area is 280 Å². The van der Waals surface area contributed by atoms with Crippen molar-refractivity contribution in [3.05, 3.63) is 94.9 Å². The molecule has 2 saturated heterocycles. The molecule has 2 aliphatic heterocycles. The SMILES string of the molecule is Cl.Cl.O=C(CCc1ccccc1)N1CCN(c2nccs2)CC1.O=C(CCc1ccccc1)N1CCN(c2nccs2)CC1. The number of carbonyl (C=O) groups excluding carboxylic acids is 2. The summed E-state index contributed by atoms with van der Waals surface area (Å²) in [5, 5.41) is 6.11. The molecule has 0 N–H and O–H groups in total. The number of hydrogen-bond donors (Lipinski definition) is 0. The number of nitrogens with zero attached hydrogens (tertiary/aromatic N) is 6. The fraction of sp³-hybridized carbons (Fsp3) is 0.375. The second kappa shape index (κ2) is 18.6. The molecule has 12 heteroatoms. The van der Waals surface area contributed by atoms with Gasteiger partial charge in [-0.1, -0.05) is 60.7 Å². The van der Waals surface area contributed by atoms with Crippen LogP contribution < -0.4 is 9.80 Å². The van der Waals surface area contributed by atoms with Crippen molar-refractivity contribution in [2.75, 3.05) is 62.2 Å². The van der Waals surface area contributed by atoms with Gasteiger partial charge in [0.2, 0.25) is 11.8 Å². The normalized spacial score (nSPS) is 14.5. The fourth-order valence-electron chi connectivity index (χ4n) is 5.15. The van der Waals surface area contributed by atoms with Gasteiger partial charge in [-0.05, 0) is 24.0 Å². The number of amides is 2. The molecule has 4 heterocycles. The molecule has 2 aromatic heterocycles. The van der Waals surface area contributed by atoms with E-state index in [0.717, 1.165) is 75.5 Å². The van der Waals surface area contributed by atoms with E-state index >= 15 is 0 Å². The summed E-state index contributed by atoms with van der Waals surface area (Å²) in [5.41, 5.74) is 2.46. The lowest BCUT2D eigenvalue weighted by Crippen LogP contribution is -2.48. The molecule has 4 aromatic rings. The zero-order valence-electron chi connectivity index (χ0n) is 24.7. The molecule has 2 aliphatic rings. The summed E-state index contributed by atoms with van der Waals surface area (Å²) in [7, 11) is 0. The van der Waals surface area contributed by atoms with Gasteiger partial charge in [-0.2, -0.15) is 0 Å². The number of hydrogen-bond acceptors (Lipinski definition) is 8. The van der Waals surface area contributed by atoms with Crippen LogP contribution in [0.15, 0.2) is 83.8 Å². The smallest absolute Gasteiger partial charge is 0.223 e. The van der Waals surface area contributed by atoms with Gasteiger partial charge in [-0.25, -0.2) is 9.97 Å². The van der Waals surface area contributed by atoms with Crippen molar-refractivity contribution >= 4 is 69.6 Å². The number of rotatable bonds is 8. The van der Waals surface area contributed by atoms with Crippen LogP contribution in [-0.4, -0.2) is 83.9 Å². The topological polar surface area (TPSA) is 72.9 Å². The van der Waals surface area contributed by atoms with E-state index in [1.807, 2.05) is 69.4 Å². The van der Waals surface area contributed by atoms with E-state index in [2.05, 4.69) is 44.0 Å². The van der Waals surface area contributed by atoms with E-state index in [4.69, 9.17) is 0 Å². The van der Waals surface area contributed by atoms with Crippen LogP contribution >= 0.6 is 47.5 Å². The van der Waals surface area contributed by atoms with Crippen LogP contribution in [0.25, 0.3) is 0 Å². The maximum absolute atomic E-state index is 12.3. The molecule has 8 nitrogen and oxygen atoms in total. The zero-order chi connectivity index (χ0) is 29.0. The van der Waals surface area contributed by atoms with Crippen molar-refractivity contribution in [3.8, 4) is 0 Å². The molecular weight excluding hydrogens is 635 g/mol. The number of aromatic nitrogens is 2. The van der Waals surface area contributed by atoms with E-state index in [9.17, 15) is 9.59 Å². The van der Waals surface area contributed by atoms with Crippen molar-refractivity contribution < 1.29 is 9.59 Å². The van der Waals surface area contributed by atoms with Gasteiger partial charge in [0.15, 0.2) is 10.3 Å². The van der Waals surface area contributed by atoms with Crippen molar-refractivity contribution in [1.29, 1.82) is 0 Å². The Morgan fingerprint density at radius 1 is 0.568 bits per heavy atom. The molecule has 0 aliphatic carbocycles. The molecule has 0 saturated carbocycles. The van der Waals surface area contributed by atoms with Crippen molar-refractivity contribution in [2.24, 2.45) is 0 Å². The minimum atomic E-state index is 0. The summed E-state index contributed by atoms with van der Waals surface area (Å²) in [5.74, 6) is 0.523. The first-order valence-corrected chi connectivity index (χ1v) is 16.3. The molecule has 0 atom stereocenters. The van der Waals surface area contributed by atoms with Gasteiger partial charge in [-0.15, -0.1) is 47.5 Å². The van der Waals surface area contributed by atoms with Gasteiger partial charge in [0.05, 0.1) is 0 Å². The van der Waals surface area contributed by atoms with Crippen LogP contribution in [0.3, 0.4) is 0 Å². The van der Waals surface area contributed by atoms with Crippen LogP contribution in [0.2, 0.25) is 0 Å². The number of piperazine rings is 2. The first-order valence-electron chi connectivity index (χ1n) is 14.6. The minimum absolute atomic E-state index is 0. The quantitative estimate of drug-likeness (QED) is 0.239. The first kappa shape index (κ1) is 35.3. The lowest BCUT2D eigenvalue weighted by atomic mass is 10.1. The Morgan fingerprint density at radius 2 is 0.932 bits per heavy atom. The fourth-order valence-corrected chi connectivity index (χ4v) is 6.54. The van der Waals surface area contributed by atoms with Gasteiger partial charge in [0.25, 0.3) is 0 Å². The third-order valence-corrected chi connectivity index (χ3v) is 9.25. The number of halogens is 2. The molecule has 6 rings (SSSR count). The molecule has 0 unspecified atom stereocenters. The highest BCUT2D eigenvalue weighted by atomic mass is 35.5. The van der Waals surface area contributed by atoms with Crippen molar-refractivity contribution in [2.45, 2.75) is 25.7 Å². The van der Waals surface area contributed by atoms with E-state index < -0.39 is 0 Å². The monoisotopic (exact) mass is 674 g/mol. The molecule has 0 radical (unpaired) electrons. The maximum atomic E-state index is 12.3. The molecular formula is C32H40Cl2N6O2S2.